The summed E-state index contributed by atoms with van der Waals surface area (Å²) >= 11 is 0. The average molecular weight is 408 g/mol. The van der Waals surface area contributed by atoms with E-state index in [9.17, 15) is 9.18 Å². The molecule has 1 atom stereocenters. The molecule has 0 saturated carbocycles. The van der Waals surface area contributed by atoms with Crippen LogP contribution in [0.1, 0.15) is 29.1 Å². The van der Waals surface area contributed by atoms with Gasteiger partial charge in [0.15, 0.2) is 0 Å². The molecule has 0 bridgehead atoms. The Morgan fingerprint density at radius 3 is 2.70 bits per heavy atom. The minimum Gasteiger partial charge on any atom is -0.378 e. The van der Waals surface area contributed by atoms with Crippen LogP contribution in [-0.2, 0) is 6.42 Å². The molecule has 1 amide bonds. The normalized spacial score (nSPS) is 16.5. The molecule has 7 heteroatoms. The van der Waals surface area contributed by atoms with E-state index in [4.69, 9.17) is 4.52 Å². The first-order valence-electron chi connectivity index (χ1n) is 10.2. The summed E-state index contributed by atoms with van der Waals surface area (Å²) in [6.07, 6.45) is 2.49. The van der Waals surface area contributed by atoms with Crippen molar-refractivity contribution in [2.24, 2.45) is 5.92 Å². The smallest absolute Gasteiger partial charge is 0.253 e. The molecule has 156 valence electrons. The van der Waals surface area contributed by atoms with Crippen LogP contribution >= 0.6 is 0 Å². The molecule has 1 saturated heterocycles. The Hall–Kier alpha value is -3.22. The van der Waals surface area contributed by atoms with Crippen LogP contribution in [-0.4, -0.2) is 48.1 Å². The Morgan fingerprint density at radius 1 is 1.20 bits per heavy atom. The number of carbonyl (C=O) groups excluding carboxylic acids is 1. The van der Waals surface area contributed by atoms with Gasteiger partial charge >= 0.3 is 0 Å². The van der Waals surface area contributed by atoms with E-state index in [0.717, 1.165) is 25.1 Å². The van der Waals surface area contributed by atoms with Crippen molar-refractivity contribution < 1.29 is 13.7 Å². The molecule has 0 radical (unpaired) electrons. The highest BCUT2D eigenvalue weighted by Gasteiger charge is 2.26. The molecule has 30 heavy (non-hydrogen) atoms. The molecule has 1 aliphatic rings. The van der Waals surface area contributed by atoms with Gasteiger partial charge in [-0.05, 0) is 55.2 Å². The second-order valence-corrected chi connectivity index (χ2v) is 7.90. The van der Waals surface area contributed by atoms with E-state index in [1.165, 1.54) is 6.07 Å². The molecule has 1 aromatic heterocycles. The Kier molecular flexibility index (Phi) is 5.79. The zero-order chi connectivity index (χ0) is 21.1. The van der Waals surface area contributed by atoms with Crippen LogP contribution in [0.2, 0.25) is 0 Å². The molecule has 3 aromatic rings. The van der Waals surface area contributed by atoms with Gasteiger partial charge in [-0.1, -0.05) is 17.3 Å². The summed E-state index contributed by atoms with van der Waals surface area (Å²) in [5.74, 6) is 0.635. The zero-order valence-electron chi connectivity index (χ0n) is 17.2. The molecule has 1 unspecified atom stereocenters. The van der Waals surface area contributed by atoms with Crippen molar-refractivity contribution in [3.05, 3.63) is 65.8 Å². The number of nitrogens with zero attached hydrogens (tertiary/aromatic N) is 4. The lowest BCUT2D eigenvalue weighted by molar-refractivity contribution is 0.0668. The zero-order valence-corrected chi connectivity index (χ0v) is 17.2. The number of anilines is 1. The first kappa shape index (κ1) is 20.1. The van der Waals surface area contributed by atoms with E-state index in [2.05, 4.69) is 10.1 Å². The lowest BCUT2D eigenvalue weighted by Gasteiger charge is -2.32. The highest BCUT2D eigenvalue weighted by atomic mass is 19.1. The summed E-state index contributed by atoms with van der Waals surface area (Å²) in [7, 11) is 3.95. The third-order valence-electron chi connectivity index (χ3n) is 5.48. The third-order valence-corrected chi connectivity index (χ3v) is 5.48. The van der Waals surface area contributed by atoms with E-state index in [1.54, 1.807) is 18.2 Å². The minimum atomic E-state index is -0.375. The van der Waals surface area contributed by atoms with Crippen LogP contribution in [0.25, 0.3) is 11.4 Å². The lowest BCUT2D eigenvalue weighted by atomic mass is 9.94. The van der Waals surface area contributed by atoms with E-state index in [-0.39, 0.29) is 23.5 Å². The molecular weight excluding hydrogens is 383 g/mol. The topological polar surface area (TPSA) is 62.5 Å². The van der Waals surface area contributed by atoms with Crippen LogP contribution in [0.15, 0.2) is 53.1 Å². The van der Waals surface area contributed by atoms with Gasteiger partial charge in [-0.3, -0.25) is 4.79 Å². The molecule has 2 heterocycles. The monoisotopic (exact) mass is 408 g/mol. The summed E-state index contributed by atoms with van der Waals surface area (Å²) in [4.78, 5) is 21.2. The van der Waals surface area contributed by atoms with Crippen molar-refractivity contribution >= 4 is 11.6 Å². The van der Waals surface area contributed by atoms with Crippen LogP contribution in [0.5, 0.6) is 0 Å². The van der Waals surface area contributed by atoms with E-state index < -0.39 is 0 Å². The Morgan fingerprint density at radius 2 is 1.97 bits per heavy atom. The molecular formula is C23H25FN4O2. The van der Waals surface area contributed by atoms with Gasteiger partial charge in [0, 0.05) is 44.9 Å². The van der Waals surface area contributed by atoms with Crippen molar-refractivity contribution in [3.8, 4) is 11.4 Å². The fourth-order valence-electron chi connectivity index (χ4n) is 3.84. The Labute approximate surface area is 175 Å². The van der Waals surface area contributed by atoms with Gasteiger partial charge in [-0.25, -0.2) is 4.39 Å². The van der Waals surface area contributed by atoms with Gasteiger partial charge < -0.3 is 14.3 Å². The Bertz CT molecular complexity index is 1020. The van der Waals surface area contributed by atoms with Crippen LogP contribution in [0.4, 0.5) is 10.1 Å². The number of carbonyl (C=O) groups is 1. The third kappa shape index (κ3) is 4.35. The molecule has 0 N–H and O–H groups in total. The number of hydrogen-bond acceptors (Lipinski definition) is 5. The largest absolute Gasteiger partial charge is 0.378 e. The van der Waals surface area contributed by atoms with E-state index >= 15 is 0 Å². The number of aromatic nitrogens is 2. The molecule has 1 aliphatic heterocycles. The number of piperidine rings is 1. The van der Waals surface area contributed by atoms with Crippen LogP contribution < -0.4 is 4.90 Å². The first-order valence-corrected chi connectivity index (χ1v) is 10.2. The van der Waals surface area contributed by atoms with E-state index in [1.807, 2.05) is 48.2 Å². The molecule has 6 nitrogen and oxygen atoms in total. The summed E-state index contributed by atoms with van der Waals surface area (Å²) in [5.41, 5.74) is 2.08. The van der Waals surface area contributed by atoms with Gasteiger partial charge in [0.1, 0.15) is 5.82 Å². The van der Waals surface area contributed by atoms with Gasteiger partial charge in [0.2, 0.25) is 11.7 Å². The minimum absolute atomic E-state index is 0.0441. The number of likely N-dealkylation sites (tertiary alicyclic amines) is 1. The maximum absolute atomic E-state index is 13.9. The molecule has 0 aliphatic carbocycles. The fourth-order valence-corrected chi connectivity index (χ4v) is 3.84. The standard InChI is InChI=1S/C23H25FN4O2/c1-27(2)18-11-9-17(10-12-18)23(29)28-13-5-6-16(15-28)14-21-25-22(26-30-21)19-7-3-4-8-20(19)24/h3-4,7-12,16H,5-6,13-15H2,1-2H3. The number of benzene rings is 2. The number of rotatable bonds is 5. The van der Waals surface area contributed by atoms with Gasteiger partial charge in [-0.2, -0.15) is 4.98 Å². The van der Waals surface area contributed by atoms with Crippen molar-refractivity contribution in [1.29, 1.82) is 0 Å². The molecule has 4 rings (SSSR count). The predicted molar refractivity (Wildman–Crippen MR) is 113 cm³/mol. The van der Waals surface area contributed by atoms with Crippen LogP contribution in [0, 0.1) is 11.7 Å². The van der Waals surface area contributed by atoms with Crippen molar-refractivity contribution in [1.82, 2.24) is 15.0 Å². The van der Waals surface area contributed by atoms with Gasteiger partial charge in [0.05, 0.1) is 5.56 Å². The molecule has 1 fully saturated rings. The number of hydrogen-bond donors (Lipinski definition) is 0. The highest BCUT2D eigenvalue weighted by molar-refractivity contribution is 5.94. The van der Waals surface area contributed by atoms with E-state index in [0.29, 0.717) is 30.0 Å². The molecule has 2 aromatic carbocycles. The second-order valence-electron chi connectivity index (χ2n) is 7.90. The van der Waals surface area contributed by atoms with Gasteiger partial charge in [-0.15, -0.1) is 0 Å². The lowest BCUT2D eigenvalue weighted by Crippen LogP contribution is -2.40. The van der Waals surface area contributed by atoms with Crippen molar-refractivity contribution in [2.45, 2.75) is 19.3 Å². The maximum atomic E-state index is 13.9. The van der Waals surface area contributed by atoms with Gasteiger partial charge in [0.25, 0.3) is 5.91 Å². The summed E-state index contributed by atoms with van der Waals surface area (Å²) in [6.45, 7) is 1.39. The highest BCUT2D eigenvalue weighted by Crippen LogP contribution is 2.24. The summed E-state index contributed by atoms with van der Waals surface area (Å²) < 4.78 is 19.3. The van der Waals surface area contributed by atoms with Crippen molar-refractivity contribution in [3.63, 3.8) is 0 Å². The first-order chi connectivity index (χ1) is 14.5. The predicted octanol–water partition coefficient (Wildman–Crippen LogP) is 4.04. The maximum Gasteiger partial charge on any atom is 0.253 e. The average Bonchev–Trinajstić information content (AvgIpc) is 3.22. The SMILES string of the molecule is CN(C)c1ccc(C(=O)N2CCCC(Cc3nc(-c4ccccc4F)no3)C2)cc1. The van der Waals surface area contributed by atoms with Crippen molar-refractivity contribution in [2.75, 3.05) is 32.1 Å². The number of amides is 1. The quantitative estimate of drug-likeness (QED) is 0.638. The summed E-state index contributed by atoms with van der Waals surface area (Å²) in [6, 6.07) is 14.0. The second kappa shape index (κ2) is 8.65. The Balaban J connectivity index is 1.41. The molecule has 0 spiro atoms. The fraction of sp³-hybridized carbons (Fsp3) is 0.348. The summed E-state index contributed by atoms with van der Waals surface area (Å²) in [5, 5.41) is 3.93. The van der Waals surface area contributed by atoms with Crippen LogP contribution in [0.3, 0.4) is 0 Å². The number of halogens is 1.